The van der Waals surface area contributed by atoms with E-state index in [0.29, 0.717) is 42.1 Å². The van der Waals surface area contributed by atoms with Gasteiger partial charge in [0.1, 0.15) is 17.1 Å². The van der Waals surface area contributed by atoms with Crippen molar-refractivity contribution in [2.75, 3.05) is 31.1 Å². The quantitative estimate of drug-likeness (QED) is 0.489. The zero-order valence-electron chi connectivity index (χ0n) is 14.9. The number of carbonyl (C=O) groups excluding carboxylic acids is 1. The molecule has 0 unspecified atom stereocenters. The molecule has 1 amide bonds. The van der Waals surface area contributed by atoms with E-state index in [1.165, 1.54) is 28.3 Å². The van der Waals surface area contributed by atoms with Crippen molar-refractivity contribution < 1.29 is 9.72 Å². The molecule has 28 heavy (non-hydrogen) atoms. The molecule has 1 aromatic carbocycles. The monoisotopic (exact) mass is 399 g/mol. The summed E-state index contributed by atoms with van der Waals surface area (Å²) in [5.74, 6) is -0.166. The molecule has 0 aliphatic carbocycles. The summed E-state index contributed by atoms with van der Waals surface area (Å²) in [6.07, 6.45) is 1.41. The first-order valence-electron chi connectivity index (χ1n) is 8.73. The summed E-state index contributed by atoms with van der Waals surface area (Å²) >= 11 is 1.39. The summed E-state index contributed by atoms with van der Waals surface area (Å²) in [5, 5.41) is 13.5. The van der Waals surface area contributed by atoms with Gasteiger partial charge in [-0.05, 0) is 17.5 Å². The fraction of sp³-hybridized carbons (Fsp3) is 0.278. The second-order valence-corrected chi connectivity index (χ2v) is 7.33. The highest BCUT2D eigenvalue weighted by Crippen LogP contribution is 2.28. The van der Waals surface area contributed by atoms with Gasteiger partial charge in [0.2, 0.25) is 5.91 Å². The number of benzene rings is 1. The van der Waals surface area contributed by atoms with Crippen molar-refractivity contribution in [2.24, 2.45) is 0 Å². The van der Waals surface area contributed by atoms with Crippen molar-refractivity contribution in [3.8, 4) is 0 Å². The van der Waals surface area contributed by atoms with Crippen molar-refractivity contribution in [1.29, 1.82) is 0 Å². The van der Waals surface area contributed by atoms with Crippen LogP contribution in [0.3, 0.4) is 0 Å². The van der Waals surface area contributed by atoms with Gasteiger partial charge in [-0.3, -0.25) is 24.3 Å². The van der Waals surface area contributed by atoms with E-state index in [1.807, 2.05) is 4.90 Å². The third kappa shape index (κ3) is 3.33. The Hall–Kier alpha value is -3.27. The molecule has 1 aliphatic heterocycles. The zero-order valence-corrected chi connectivity index (χ0v) is 15.7. The number of anilines is 1. The van der Waals surface area contributed by atoms with Crippen molar-refractivity contribution in [1.82, 2.24) is 14.5 Å². The van der Waals surface area contributed by atoms with Crippen molar-refractivity contribution >= 4 is 38.8 Å². The highest BCUT2D eigenvalue weighted by atomic mass is 32.1. The van der Waals surface area contributed by atoms with E-state index >= 15 is 0 Å². The first kappa shape index (κ1) is 18.1. The van der Waals surface area contributed by atoms with Gasteiger partial charge in [0, 0.05) is 32.2 Å². The average molecular weight is 399 g/mol. The van der Waals surface area contributed by atoms with Crippen molar-refractivity contribution in [3.63, 3.8) is 0 Å². The van der Waals surface area contributed by atoms with Crippen LogP contribution in [0.1, 0.15) is 0 Å². The fourth-order valence-electron chi connectivity index (χ4n) is 3.33. The first-order valence-corrected chi connectivity index (χ1v) is 9.61. The number of fused-ring (bicyclic) bond motifs is 1. The van der Waals surface area contributed by atoms with Gasteiger partial charge in [0.15, 0.2) is 0 Å². The number of piperazine rings is 1. The minimum Gasteiger partial charge on any atom is -0.362 e. The molecule has 144 valence electrons. The van der Waals surface area contributed by atoms with Crippen LogP contribution in [-0.4, -0.2) is 51.5 Å². The minimum atomic E-state index is -0.396. The Kier molecular flexibility index (Phi) is 4.78. The van der Waals surface area contributed by atoms with Gasteiger partial charge in [0.25, 0.3) is 11.2 Å². The molecule has 4 rings (SSSR count). The van der Waals surface area contributed by atoms with E-state index in [1.54, 1.807) is 34.5 Å². The van der Waals surface area contributed by atoms with Gasteiger partial charge < -0.3 is 9.80 Å². The number of nitro benzene ring substituents is 1. The van der Waals surface area contributed by atoms with Crippen LogP contribution in [0.25, 0.3) is 10.2 Å². The molecule has 9 nitrogen and oxygen atoms in total. The molecule has 1 saturated heterocycles. The standard InChI is InChI=1S/C18H17N5O4S/c24-16(11-22-12-19-17-13(18(22)25)5-10-28-17)21-8-6-20(7-9-21)14-3-1-2-4-15(14)23(26)27/h1-5,10,12H,6-9,11H2. The number of rotatable bonds is 4. The second kappa shape index (κ2) is 7.39. The molecular weight excluding hydrogens is 382 g/mol. The van der Waals surface area contributed by atoms with Gasteiger partial charge in [-0.2, -0.15) is 0 Å². The van der Waals surface area contributed by atoms with Crippen LogP contribution >= 0.6 is 11.3 Å². The van der Waals surface area contributed by atoms with E-state index in [-0.39, 0.29) is 23.7 Å². The van der Waals surface area contributed by atoms with Gasteiger partial charge >= 0.3 is 0 Å². The van der Waals surface area contributed by atoms with Crippen LogP contribution in [0.5, 0.6) is 0 Å². The Morgan fingerprint density at radius 3 is 2.68 bits per heavy atom. The number of aromatic nitrogens is 2. The number of para-hydroxylation sites is 2. The number of nitrogens with zero attached hydrogens (tertiary/aromatic N) is 5. The summed E-state index contributed by atoms with van der Waals surface area (Å²) < 4.78 is 1.33. The highest BCUT2D eigenvalue weighted by Gasteiger charge is 2.25. The molecule has 10 heteroatoms. The Labute approximate surface area is 163 Å². The lowest BCUT2D eigenvalue weighted by Crippen LogP contribution is -2.50. The Morgan fingerprint density at radius 1 is 1.18 bits per heavy atom. The molecule has 2 aromatic heterocycles. The summed E-state index contributed by atoms with van der Waals surface area (Å²) in [6, 6.07) is 8.31. The van der Waals surface area contributed by atoms with Gasteiger partial charge in [-0.15, -0.1) is 11.3 Å². The highest BCUT2D eigenvalue weighted by molar-refractivity contribution is 7.16. The van der Waals surface area contributed by atoms with Crippen LogP contribution in [0, 0.1) is 10.1 Å². The Balaban J connectivity index is 1.43. The molecule has 0 N–H and O–H groups in total. The number of hydrogen-bond donors (Lipinski definition) is 0. The lowest BCUT2D eigenvalue weighted by molar-refractivity contribution is -0.384. The SMILES string of the molecule is O=C(Cn1cnc2sccc2c1=O)N1CCN(c2ccccc2[N+](=O)[O-])CC1. The Morgan fingerprint density at radius 2 is 1.93 bits per heavy atom. The molecule has 0 radical (unpaired) electrons. The van der Waals surface area contributed by atoms with Gasteiger partial charge in [0.05, 0.1) is 16.6 Å². The summed E-state index contributed by atoms with van der Waals surface area (Å²) in [6.45, 7) is 1.80. The Bertz CT molecular complexity index is 1100. The van der Waals surface area contributed by atoms with E-state index in [9.17, 15) is 19.7 Å². The molecular formula is C18H17N5O4S. The topological polar surface area (TPSA) is 102 Å². The number of hydrogen-bond acceptors (Lipinski definition) is 7. The third-order valence-corrected chi connectivity index (χ3v) is 5.63. The van der Waals surface area contributed by atoms with E-state index in [2.05, 4.69) is 4.98 Å². The molecule has 0 atom stereocenters. The summed E-state index contributed by atoms with van der Waals surface area (Å²) in [7, 11) is 0. The van der Waals surface area contributed by atoms with Crippen LogP contribution in [-0.2, 0) is 11.3 Å². The maximum absolute atomic E-state index is 12.6. The van der Waals surface area contributed by atoms with E-state index < -0.39 is 4.92 Å². The van der Waals surface area contributed by atoms with Crippen LogP contribution < -0.4 is 10.5 Å². The number of nitro groups is 1. The third-order valence-electron chi connectivity index (χ3n) is 4.81. The number of carbonyl (C=O) groups is 1. The molecule has 3 aromatic rings. The number of amides is 1. The molecule has 1 fully saturated rings. The smallest absolute Gasteiger partial charge is 0.292 e. The first-order chi connectivity index (χ1) is 13.5. The second-order valence-electron chi connectivity index (χ2n) is 6.43. The fourth-order valence-corrected chi connectivity index (χ4v) is 4.06. The maximum Gasteiger partial charge on any atom is 0.292 e. The average Bonchev–Trinajstić information content (AvgIpc) is 3.20. The summed E-state index contributed by atoms with van der Waals surface area (Å²) in [5.41, 5.74) is 0.394. The van der Waals surface area contributed by atoms with Gasteiger partial charge in [-0.25, -0.2) is 4.98 Å². The molecule has 1 aliphatic rings. The van der Waals surface area contributed by atoms with Crippen LogP contribution in [0.4, 0.5) is 11.4 Å². The maximum atomic E-state index is 12.6. The molecule has 0 bridgehead atoms. The molecule has 0 spiro atoms. The van der Waals surface area contributed by atoms with Crippen molar-refractivity contribution in [3.05, 3.63) is 62.5 Å². The lowest BCUT2D eigenvalue weighted by Gasteiger charge is -2.35. The minimum absolute atomic E-state index is 0.0592. The summed E-state index contributed by atoms with van der Waals surface area (Å²) in [4.78, 5) is 44.3. The number of thiophene rings is 1. The van der Waals surface area contributed by atoms with Crippen LogP contribution in [0.2, 0.25) is 0 Å². The van der Waals surface area contributed by atoms with E-state index in [4.69, 9.17) is 0 Å². The van der Waals surface area contributed by atoms with Crippen molar-refractivity contribution in [2.45, 2.75) is 6.54 Å². The predicted octanol–water partition coefficient (Wildman–Crippen LogP) is 1.71. The normalized spacial score (nSPS) is 14.4. The molecule has 3 heterocycles. The van der Waals surface area contributed by atoms with Crippen LogP contribution in [0.15, 0.2) is 46.8 Å². The zero-order chi connectivity index (χ0) is 19.7. The van der Waals surface area contributed by atoms with Gasteiger partial charge in [-0.1, -0.05) is 12.1 Å². The predicted molar refractivity (Wildman–Crippen MR) is 106 cm³/mol. The van der Waals surface area contributed by atoms with E-state index in [0.717, 1.165) is 0 Å². The largest absolute Gasteiger partial charge is 0.362 e. The lowest BCUT2D eigenvalue weighted by atomic mass is 10.2. The molecule has 0 saturated carbocycles.